The summed E-state index contributed by atoms with van der Waals surface area (Å²) in [5, 5.41) is 13.2. The zero-order chi connectivity index (χ0) is 12.5. The highest BCUT2D eigenvalue weighted by Crippen LogP contribution is 2.01. The van der Waals surface area contributed by atoms with E-state index < -0.39 is 0 Å². The molecule has 7 heteroatoms. The van der Waals surface area contributed by atoms with Crippen molar-refractivity contribution >= 4 is 17.5 Å². The van der Waals surface area contributed by atoms with Gasteiger partial charge in [-0.3, -0.25) is 4.79 Å². The predicted molar refractivity (Wildman–Crippen MR) is 64.4 cm³/mol. The van der Waals surface area contributed by atoms with E-state index in [-0.39, 0.29) is 5.91 Å². The van der Waals surface area contributed by atoms with Crippen molar-refractivity contribution in [1.82, 2.24) is 15.5 Å². The van der Waals surface area contributed by atoms with Gasteiger partial charge in [0.25, 0.3) is 0 Å². The summed E-state index contributed by atoms with van der Waals surface area (Å²) in [7, 11) is 1.59. The molecule has 94 valence electrons. The fraction of sp³-hybridized carbons (Fsp3) is 0.500. The molecular weight excluding hydrogens is 222 g/mol. The quantitative estimate of drug-likeness (QED) is 0.561. The number of nitrogens with zero attached hydrogens (tertiary/aromatic N) is 2. The first-order valence-corrected chi connectivity index (χ1v) is 5.31. The Kier molecular flexibility index (Phi) is 5.73. The molecule has 0 radical (unpaired) electrons. The number of aromatic nitrogens is 2. The van der Waals surface area contributed by atoms with Crippen LogP contribution in [0.25, 0.3) is 0 Å². The number of hydrogen-bond donors (Lipinski definition) is 3. The Morgan fingerprint density at radius 2 is 2.24 bits per heavy atom. The number of hydrogen-bond acceptors (Lipinski definition) is 6. The lowest BCUT2D eigenvalue weighted by atomic mass is 10.4. The second kappa shape index (κ2) is 7.39. The Labute approximate surface area is 99.7 Å². The van der Waals surface area contributed by atoms with Gasteiger partial charge in [-0.1, -0.05) is 0 Å². The van der Waals surface area contributed by atoms with E-state index in [2.05, 4.69) is 20.8 Å². The molecule has 0 aliphatic carbocycles. The van der Waals surface area contributed by atoms with Crippen molar-refractivity contribution in [1.29, 1.82) is 0 Å². The maximum Gasteiger partial charge on any atom is 0.221 e. The summed E-state index contributed by atoms with van der Waals surface area (Å²) in [6.45, 7) is 1.54. The van der Waals surface area contributed by atoms with Gasteiger partial charge in [0.1, 0.15) is 11.6 Å². The van der Waals surface area contributed by atoms with E-state index in [1.54, 1.807) is 19.2 Å². The van der Waals surface area contributed by atoms with Crippen LogP contribution in [0.1, 0.15) is 6.42 Å². The topological polar surface area (TPSA) is 102 Å². The lowest BCUT2D eigenvalue weighted by Gasteiger charge is -2.06. The van der Waals surface area contributed by atoms with Crippen LogP contribution in [0.2, 0.25) is 0 Å². The predicted octanol–water partition coefficient (Wildman–Crippen LogP) is -0.377. The van der Waals surface area contributed by atoms with Crippen LogP contribution in [-0.4, -0.2) is 42.9 Å². The van der Waals surface area contributed by atoms with Crippen LogP contribution < -0.4 is 16.4 Å². The Morgan fingerprint density at radius 3 is 2.88 bits per heavy atom. The summed E-state index contributed by atoms with van der Waals surface area (Å²) in [5.41, 5.74) is 5.39. The molecule has 1 amide bonds. The smallest absolute Gasteiger partial charge is 0.221 e. The molecule has 1 rings (SSSR count). The van der Waals surface area contributed by atoms with Crippen LogP contribution in [0.15, 0.2) is 12.1 Å². The number of methoxy groups -OCH3 is 1. The van der Waals surface area contributed by atoms with Crippen molar-refractivity contribution in [2.75, 3.05) is 37.9 Å². The average Bonchev–Trinajstić information content (AvgIpc) is 2.32. The highest BCUT2D eigenvalue weighted by molar-refractivity contribution is 5.76. The zero-order valence-electron chi connectivity index (χ0n) is 9.77. The number of amides is 1. The molecule has 7 nitrogen and oxygen atoms in total. The Bertz CT molecular complexity index is 341. The van der Waals surface area contributed by atoms with Gasteiger partial charge in [0.15, 0.2) is 0 Å². The lowest BCUT2D eigenvalue weighted by Crippen LogP contribution is -2.28. The zero-order valence-corrected chi connectivity index (χ0v) is 9.77. The summed E-state index contributed by atoms with van der Waals surface area (Å²) in [4.78, 5) is 11.3. The molecule has 17 heavy (non-hydrogen) atoms. The molecule has 0 aliphatic rings. The summed E-state index contributed by atoms with van der Waals surface area (Å²) < 4.78 is 4.82. The van der Waals surface area contributed by atoms with E-state index in [1.807, 2.05) is 0 Å². The van der Waals surface area contributed by atoms with Crippen molar-refractivity contribution in [2.45, 2.75) is 6.42 Å². The van der Waals surface area contributed by atoms with Gasteiger partial charge in [0.2, 0.25) is 5.91 Å². The van der Waals surface area contributed by atoms with Crippen molar-refractivity contribution < 1.29 is 9.53 Å². The lowest BCUT2D eigenvalue weighted by molar-refractivity contribution is -0.121. The van der Waals surface area contributed by atoms with Crippen molar-refractivity contribution in [3.8, 4) is 0 Å². The second-order valence-electron chi connectivity index (χ2n) is 3.36. The third kappa shape index (κ3) is 5.67. The minimum Gasteiger partial charge on any atom is -0.383 e. The standard InChI is InChI=1S/C10H17N5O2/c1-17-7-6-13-10(16)4-5-12-9-3-2-8(11)14-15-9/h2-3H,4-7H2,1H3,(H2,11,14)(H,12,15)(H,13,16). The molecule has 0 saturated carbocycles. The number of nitrogen functional groups attached to an aromatic ring is 1. The second-order valence-corrected chi connectivity index (χ2v) is 3.36. The van der Waals surface area contributed by atoms with E-state index in [1.165, 1.54) is 0 Å². The first-order chi connectivity index (χ1) is 8.22. The van der Waals surface area contributed by atoms with Crippen LogP contribution >= 0.6 is 0 Å². The molecule has 0 bridgehead atoms. The van der Waals surface area contributed by atoms with E-state index in [9.17, 15) is 4.79 Å². The van der Waals surface area contributed by atoms with Crippen molar-refractivity contribution in [3.05, 3.63) is 12.1 Å². The molecule has 0 aromatic carbocycles. The van der Waals surface area contributed by atoms with Gasteiger partial charge < -0.3 is 21.1 Å². The van der Waals surface area contributed by atoms with Gasteiger partial charge in [-0.05, 0) is 12.1 Å². The average molecular weight is 239 g/mol. The fourth-order valence-electron chi connectivity index (χ4n) is 1.12. The van der Waals surface area contributed by atoms with Gasteiger partial charge in [-0.15, -0.1) is 10.2 Å². The largest absolute Gasteiger partial charge is 0.383 e. The van der Waals surface area contributed by atoms with Crippen LogP contribution in [0, 0.1) is 0 Å². The molecule has 4 N–H and O–H groups in total. The number of anilines is 2. The molecule has 1 aromatic rings. The number of carbonyl (C=O) groups is 1. The van der Waals surface area contributed by atoms with Crippen molar-refractivity contribution in [2.24, 2.45) is 0 Å². The summed E-state index contributed by atoms with van der Waals surface area (Å²) in [5.74, 6) is 0.940. The molecule has 0 aliphatic heterocycles. The normalized spacial score (nSPS) is 9.94. The number of nitrogens with one attached hydrogen (secondary N) is 2. The molecule has 0 unspecified atom stereocenters. The van der Waals surface area contributed by atoms with Crippen LogP contribution in [-0.2, 0) is 9.53 Å². The van der Waals surface area contributed by atoms with E-state index in [0.717, 1.165) is 0 Å². The minimum absolute atomic E-state index is 0.0297. The first-order valence-electron chi connectivity index (χ1n) is 5.31. The van der Waals surface area contributed by atoms with E-state index in [4.69, 9.17) is 10.5 Å². The molecular formula is C10H17N5O2. The third-order valence-electron chi connectivity index (χ3n) is 1.97. The van der Waals surface area contributed by atoms with Crippen LogP contribution in [0.4, 0.5) is 11.6 Å². The van der Waals surface area contributed by atoms with Crippen molar-refractivity contribution in [3.63, 3.8) is 0 Å². The van der Waals surface area contributed by atoms with E-state index in [0.29, 0.717) is 37.8 Å². The summed E-state index contributed by atoms with van der Waals surface area (Å²) >= 11 is 0. The fourth-order valence-corrected chi connectivity index (χ4v) is 1.12. The summed E-state index contributed by atoms with van der Waals surface area (Å²) in [6, 6.07) is 3.36. The molecule has 0 spiro atoms. The molecule has 0 atom stereocenters. The Balaban J connectivity index is 2.14. The molecule has 1 heterocycles. The van der Waals surface area contributed by atoms with Gasteiger partial charge in [0.05, 0.1) is 6.61 Å². The van der Waals surface area contributed by atoms with E-state index >= 15 is 0 Å². The molecule has 0 fully saturated rings. The Hall–Kier alpha value is -1.89. The highest BCUT2D eigenvalue weighted by Gasteiger charge is 2.00. The third-order valence-corrected chi connectivity index (χ3v) is 1.97. The number of rotatable bonds is 7. The number of nitrogens with two attached hydrogens (primary N) is 1. The maximum atomic E-state index is 11.3. The van der Waals surface area contributed by atoms with Gasteiger partial charge in [-0.2, -0.15) is 0 Å². The number of ether oxygens (including phenoxy) is 1. The first kappa shape index (κ1) is 13.2. The van der Waals surface area contributed by atoms with Gasteiger partial charge >= 0.3 is 0 Å². The van der Waals surface area contributed by atoms with Crippen LogP contribution in [0.5, 0.6) is 0 Å². The maximum absolute atomic E-state index is 11.3. The van der Waals surface area contributed by atoms with Gasteiger partial charge in [0, 0.05) is 26.6 Å². The summed E-state index contributed by atoms with van der Waals surface area (Å²) in [6.07, 6.45) is 0.371. The van der Waals surface area contributed by atoms with Crippen LogP contribution in [0.3, 0.4) is 0 Å². The highest BCUT2D eigenvalue weighted by atomic mass is 16.5. The van der Waals surface area contributed by atoms with Gasteiger partial charge in [-0.25, -0.2) is 0 Å². The molecule has 0 saturated heterocycles. The Morgan fingerprint density at radius 1 is 1.41 bits per heavy atom. The number of carbonyl (C=O) groups excluding carboxylic acids is 1. The SMILES string of the molecule is COCCNC(=O)CCNc1ccc(N)nn1. The molecule has 1 aromatic heterocycles. The minimum atomic E-state index is -0.0297. The monoisotopic (exact) mass is 239 g/mol.